The molecule has 0 aliphatic rings. The van der Waals surface area contributed by atoms with Gasteiger partial charge >= 0.3 is 0 Å². The summed E-state index contributed by atoms with van der Waals surface area (Å²) in [5.74, 6) is 5.69. The number of carbonyl (C=O) groups excluding carboxylic acids is 1. The van der Waals surface area contributed by atoms with E-state index in [4.69, 9.17) is 5.73 Å². The van der Waals surface area contributed by atoms with E-state index < -0.39 is 0 Å². The first-order valence-corrected chi connectivity index (χ1v) is 7.07. The zero-order valence-electron chi connectivity index (χ0n) is 11.1. The molecule has 5 heteroatoms. The van der Waals surface area contributed by atoms with Crippen LogP contribution in [0.2, 0.25) is 0 Å². The fourth-order valence-electron chi connectivity index (χ4n) is 1.72. The summed E-state index contributed by atoms with van der Waals surface area (Å²) in [5.41, 5.74) is 8.90. The van der Waals surface area contributed by atoms with Gasteiger partial charge in [0.05, 0.1) is 24.3 Å². The number of nitrogens with zero attached hydrogens (tertiary/aromatic N) is 1. The van der Waals surface area contributed by atoms with Crippen molar-refractivity contribution in [3.8, 4) is 11.8 Å². The molecule has 1 aromatic heterocycles. The van der Waals surface area contributed by atoms with Crippen molar-refractivity contribution in [2.45, 2.75) is 13.0 Å². The molecule has 2 aromatic rings. The smallest absolute Gasteiger partial charge is 0.263 e. The maximum absolute atomic E-state index is 12.0. The van der Waals surface area contributed by atoms with Gasteiger partial charge in [0.25, 0.3) is 5.91 Å². The van der Waals surface area contributed by atoms with Crippen molar-refractivity contribution >= 4 is 17.2 Å². The summed E-state index contributed by atoms with van der Waals surface area (Å²) in [5, 5.41) is 2.94. The Morgan fingerprint density at radius 2 is 2.40 bits per heavy atom. The second kappa shape index (κ2) is 6.85. The van der Waals surface area contributed by atoms with Gasteiger partial charge in [0, 0.05) is 5.56 Å². The number of nitrogens with one attached hydrogen (secondary N) is 1. The summed E-state index contributed by atoms with van der Waals surface area (Å²) >= 11 is 1.32. The molecule has 4 nitrogen and oxygen atoms in total. The molecule has 0 radical (unpaired) electrons. The zero-order chi connectivity index (χ0) is 14.4. The minimum absolute atomic E-state index is 0.0933. The first-order valence-electron chi connectivity index (χ1n) is 6.19. The van der Waals surface area contributed by atoms with E-state index in [0.29, 0.717) is 11.4 Å². The van der Waals surface area contributed by atoms with Crippen molar-refractivity contribution < 1.29 is 4.79 Å². The number of hydrogen-bond donors (Lipinski definition) is 2. The molecule has 0 bridgehead atoms. The van der Waals surface area contributed by atoms with E-state index in [-0.39, 0.29) is 11.9 Å². The van der Waals surface area contributed by atoms with Crippen LogP contribution in [0, 0.1) is 11.8 Å². The molecule has 0 saturated carbocycles. The summed E-state index contributed by atoms with van der Waals surface area (Å²) in [6.07, 6.45) is 1.57. The van der Waals surface area contributed by atoms with Gasteiger partial charge in [-0.2, -0.15) is 0 Å². The molecule has 1 unspecified atom stereocenters. The summed E-state index contributed by atoms with van der Waals surface area (Å²) in [4.78, 5) is 16.5. The van der Waals surface area contributed by atoms with Crippen molar-refractivity contribution in [3.63, 3.8) is 0 Å². The predicted octanol–water partition coefficient (Wildman–Crippen LogP) is 1.94. The Kier molecular flexibility index (Phi) is 4.88. The molecule has 3 N–H and O–H groups in total. The number of rotatable bonds is 3. The number of thiazole rings is 1. The Labute approximate surface area is 122 Å². The molecule has 1 atom stereocenters. The molecule has 0 spiro atoms. The molecule has 20 heavy (non-hydrogen) atoms. The normalized spacial score (nSPS) is 11.3. The number of benzene rings is 1. The lowest BCUT2D eigenvalue weighted by atomic mass is 10.1. The predicted molar refractivity (Wildman–Crippen MR) is 80.4 cm³/mol. The Hall–Kier alpha value is -2.16. The van der Waals surface area contributed by atoms with Gasteiger partial charge in [-0.15, -0.1) is 11.3 Å². The lowest BCUT2D eigenvalue weighted by Gasteiger charge is -2.13. The van der Waals surface area contributed by atoms with Gasteiger partial charge in [0.2, 0.25) is 0 Å². The molecule has 2 rings (SSSR count). The average molecular weight is 285 g/mol. The summed E-state index contributed by atoms with van der Waals surface area (Å²) < 4.78 is 0. The van der Waals surface area contributed by atoms with E-state index in [1.165, 1.54) is 11.3 Å². The first-order chi connectivity index (χ1) is 9.70. The second-order valence-electron chi connectivity index (χ2n) is 4.19. The molecule has 0 saturated heterocycles. The molecule has 1 aromatic carbocycles. The van der Waals surface area contributed by atoms with E-state index in [0.717, 1.165) is 11.1 Å². The van der Waals surface area contributed by atoms with Gasteiger partial charge in [-0.1, -0.05) is 24.0 Å². The van der Waals surface area contributed by atoms with Crippen LogP contribution < -0.4 is 11.1 Å². The van der Waals surface area contributed by atoms with Crippen LogP contribution in [-0.2, 0) is 0 Å². The zero-order valence-corrected chi connectivity index (χ0v) is 11.9. The van der Waals surface area contributed by atoms with E-state index in [2.05, 4.69) is 22.1 Å². The third-order valence-corrected chi connectivity index (χ3v) is 3.50. The summed E-state index contributed by atoms with van der Waals surface area (Å²) in [6.45, 7) is 2.27. The van der Waals surface area contributed by atoms with E-state index in [1.54, 1.807) is 11.7 Å². The molecule has 0 fully saturated rings. The minimum Gasteiger partial charge on any atom is -0.345 e. The van der Waals surface area contributed by atoms with Gasteiger partial charge in [-0.25, -0.2) is 0 Å². The molecule has 102 valence electrons. The van der Waals surface area contributed by atoms with Crippen LogP contribution in [0.15, 0.2) is 36.0 Å². The number of hydrogen-bond acceptors (Lipinski definition) is 4. The Bertz CT molecular complexity index is 641. The Morgan fingerprint density at radius 3 is 3.10 bits per heavy atom. The van der Waals surface area contributed by atoms with Gasteiger partial charge in [-0.3, -0.25) is 9.78 Å². The van der Waals surface area contributed by atoms with Crippen LogP contribution in [0.25, 0.3) is 0 Å². The summed E-state index contributed by atoms with van der Waals surface area (Å²) in [6, 6.07) is 7.67. The van der Waals surface area contributed by atoms with Crippen LogP contribution in [0.1, 0.15) is 33.8 Å². The topological polar surface area (TPSA) is 68.0 Å². The Morgan fingerprint density at radius 1 is 1.55 bits per heavy atom. The average Bonchev–Trinajstić information content (AvgIpc) is 2.99. The number of nitrogens with two attached hydrogens (primary N) is 1. The van der Waals surface area contributed by atoms with E-state index in [1.807, 2.05) is 31.2 Å². The SMILES string of the molecule is CC(NC(=O)c1cncs1)c1cccc(C#CCN)c1. The van der Waals surface area contributed by atoms with Crippen LogP contribution in [0.5, 0.6) is 0 Å². The molecule has 0 aliphatic carbocycles. The second-order valence-corrected chi connectivity index (χ2v) is 5.08. The highest BCUT2D eigenvalue weighted by Gasteiger charge is 2.12. The largest absolute Gasteiger partial charge is 0.345 e. The van der Waals surface area contributed by atoms with Crippen LogP contribution >= 0.6 is 11.3 Å². The first kappa shape index (κ1) is 14.3. The third-order valence-electron chi connectivity index (χ3n) is 2.73. The molecule has 1 heterocycles. The third kappa shape index (κ3) is 3.67. The fourth-order valence-corrected chi connectivity index (χ4v) is 2.24. The van der Waals surface area contributed by atoms with E-state index >= 15 is 0 Å². The number of carbonyl (C=O) groups is 1. The standard InChI is InChI=1S/C15H15N3OS/c1-11(18-15(19)14-9-17-10-20-14)13-6-2-4-12(8-13)5-3-7-16/h2,4,6,8-11H,7,16H2,1H3,(H,18,19). The summed E-state index contributed by atoms with van der Waals surface area (Å²) in [7, 11) is 0. The highest BCUT2D eigenvalue weighted by atomic mass is 32.1. The minimum atomic E-state index is -0.113. The van der Waals surface area contributed by atoms with Crippen molar-refractivity contribution in [1.29, 1.82) is 0 Å². The fraction of sp³-hybridized carbons (Fsp3) is 0.200. The van der Waals surface area contributed by atoms with Crippen molar-refractivity contribution in [2.24, 2.45) is 5.73 Å². The van der Waals surface area contributed by atoms with Crippen LogP contribution in [0.3, 0.4) is 0 Å². The molecular formula is C15H15N3OS. The maximum Gasteiger partial charge on any atom is 0.263 e. The van der Waals surface area contributed by atoms with Crippen molar-refractivity contribution in [2.75, 3.05) is 6.54 Å². The molecular weight excluding hydrogens is 270 g/mol. The molecule has 0 aliphatic heterocycles. The van der Waals surface area contributed by atoms with Gasteiger partial charge in [0.1, 0.15) is 4.88 Å². The quantitative estimate of drug-likeness (QED) is 0.847. The number of amides is 1. The van der Waals surface area contributed by atoms with Crippen LogP contribution in [-0.4, -0.2) is 17.4 Å². The highest BCUT2D eigenvalue weighted by molar-refractivity contribution is 7.11. The lowest BCUT2D eigenvalue weighted by molar-refractivity contribution is 0.0944. The van der Waals surface area contributed by atoms with Crippen molar-refractivity contribution in [1.82, 2.24) is 10.3 Å². The van der Waals surface area contributed by atoms with Gasteiger partial charge in [-0.05, 0) is 24.6 Å². The van der Waals surface area contributed by atoms with E-state index in [9.17, 15) is 4.79 Å². The van der Waals surface area contributed by atoms with Gasteiger partial charge < -0.3 is 11.1 Å². The van der Waals surface area contributed by atoms with Gasteiger partial charge in [0.15, 0.2) is 0 Å². The monoisotopic (exact) mass is 285 g/mol. The molecule has 1 amide bonds. The van der Waals surface area contributed by atoms with Crippen molar-refractivity contribution in [3.05, 3.63) is 52.0 Å². The highest BCUT2D eigenvalue weighted by Crippen LogP contribution is 2.15. The Balaban J connectivity index is 2.09. The van der Waals surface area contributed by atoms with Crippen LogP contribution in [0.4, 0.5) is 0 Å². The lowest BCUT2D eigenvalue weighted by Crippen LogP contribution is -2.25. The number of aromatic nitrogens is 1. The maximum atomic E-state index is 12.0.